The lowest BCUT2D eigenvalue weighted by Crippen LogP contribution is -2.61. The van der Waals surface area contributed by atoms with Gasteiger partial charge in [0.2, 0.25) is 0 Å². The molecule has 6 aromatic rings. The maximum atomic E-state index is 9.59. The van der Waals surface area contributed by atoms with Crippen LogP contribution in [0.5, 0.6) is 0 Å². The van der Waals surface area contributed by atoms with E-state index in [4.69, 9.17) is 4.11 Å². The molecule has 3 aliphatic carbocycles. The van der Waals surface area contributed by atoms with E-state index in [0.717, 1.165) is 61.2 Å². The Morgan fingerprint density at radius 3 is 1.63 bits per heavy atom. The maximum Gasteiger partial charge on any atom is 0.264 e. The molecule has 0 bridgehead atoms. The van der Waals surface area contributed by atoms with Gasteiger partial charge in [0.1, 0.15) is 0 Å². The molecular weight excluding hydrogens is 864 g/mol. The standard InChI is InChI=1S/C66H81BN2S/c1-59(2,3)41-24-27-50(44(34-41)40-22-20-19-21-23-40)69-51-39-48-47(63(11,12)30-31-64(48,13)14)38-49(51)67-55-52(35-42(36-53(55)69)60(4,5)6)68(43-25-26-45-46(37-43)62(9,10)29-28-61(45,7)8)56-54-57(70-58(56)67)66(17,18)33-32-65(54,15)16/h19-27,34-39H,28-33H2,1-18H3/i19D,20D,21D,22D,23D. The molecule has 0 radical (unpaired) electrons. The minimum absolute atomic E-state index is 0.00152. The van der Waals surface area contributed by atoms with Gasteiger partial charge in [0, 0.05) is 38.0 Å². The quantitative estimate of drug-likeness (QED) is 0.163. The number of benzene rings is 5. The summed E-state index contributed by atoms with van der Waals surface area (Å²) in [5.74, 6) is 0. The van der Waals surface area contributed by atoms with Crippen molar-refractivity contribution < 1.29 is 6.85 Å². The third-order valence-corrected chi connectivity index (χ3v) is 20.0. The Labute approximate surface area is 434 Å². The second-order valence-electron chi connectivity index (χ2n) is 28.3. The van der Waals surface area contributed by atoms with E-state index in [-0.39, 0.29) is 85.8 Å². The summed E-state index contributed by atoms with van der Waals surface area (Å²) in [4.78, 5) is 6.69. The van der Waals surface area contributed by atoms with Gasteiger partial charge in [-0.3, -0.25) is 0 Å². The second-order valence-corrected chi connectivity index (χ2v) is 29.3. The molecule has 0 saturated carbocycles. The predicted octanol–water partition coefficient (Wildman–Crippen LogP) is 17.1. The van der Waals surface area contributed by atoms with Crippen LogP contribution in [0, 0.1) is 0 Å². The van der Waals surface area contributed by atoms with Crippen molar-refractivity contribution in [2.75, 3.05) is 9.80 Å². The highest BCUT2D eigenvalue weighted by atomic mass is 32.1. The van der Waals surface area contributed by atoms with Crippen molar-refractivity contribution in [2.45, 2.75) is 206 Å². The SMILES string of the molecule is [2H]c1c([2H])c([2H])c(-c2cc(C(C)(C)C)ccc2N2c3cc4c(cc3B3c5sc6c(c5N(c5ccc7c(c5)C(C)(C)CCC7(C)C)c5cc(C(C)(C)C)cc2c53)C(C)(C)CCC6(C)C)C(C)(C)CCC4(C)C)c([2H])c1[2H]. The molecule has 0 saturated heterocycles. The van der Waals surface area contributed by atoms with Crippen LogP contribution < -0.4 is 25.5 Å². The summed E-state index contributed by atoms with van der Waals surface area (Å²) in [6.07, 6.45) is 6.65. The van der Waals surface area contributed by atoms with E-state index >= 15 is 0 Å². The summed E-state index contributed by atoms with van der Waals surface area (Å²) in [5, 5.41) is 0. The topological polar surface area (TPSA) is 6.48 Å². The zero-order valence-corrected chi connectivity index (χ0v) is 46.7. The molecule has 2 aliphatic heterocycles. The maximum absolute atomic E-state index is 9.59. The number of nitrogens with zero attached hydrogens (tertiary/aromatic N) is 2. The Hall–Kier alpha value is -4.54. The van der Waals surface area contributed by atoms with Crippen LogP contribution in [0.2, 0.25) is 0 Å². The first kappa shape index (κ1) is 42.0. The van der Waals surface area contributed by atoms with Crippen molar-refractivity contribution in [3.8, 4) is 11.1 Å². The van der Waals surface area contributed by atoms with Crippen LogP contribution in [0.1, 0.15) is 214 Å². The lowest BCUT2D eigenvalue weighted by molar-refractivity contribution is 0.332. The van der Waals surface area contributed by atoms with Crippen molar-refractivity contribution in [1.82, 2.24) is 0 Å². The largest absolute Gasteiger partial charge is 0.311 e. The van der Waals surface area contributed by atoms with Crippen molar-refractivity contribution in [3.63, 3.8) is 0 Å². The highest BCUT2D eigenvalue weighted by Gasteiger charge is 2.53. The fourth-order valence-electron chi connectivity index (χ4n) is 13.3. The second kappa shape index (κ2) is 15.0. The minimum Gasteiger partial charge on any atom is -0.311 e. The van der Waals surface area contributed by atoms with Gasteiger partial charge in [-0.1, -0.05) is 173 Å². The van der Waals surface area contributed by atoms with E-state index in [1.54, 1.807) is 0 Å². The summed E-state index contributed by atoms with van der Waals surface area (Å²) >= 11 is 2.06. The fraction of sp³-hybridized carbons (Fsp3) is 0.485. The van der Waals surface area contributed by atoms with Crippen LogP contribution >= 0.6 is 11.3 Å². The Balaban J connectivity index is 1.35. The third-order valence-electron chi connectivity index (χ3n) is 18.4. The fourth-order valence-corrected chi connectivity index (χ4v) is 15.0. The number of anilines is 6. The van der Waals surface area contributed by atoms with Crippen LogP contribution in [0.4, 0.5) is 34.1 Å². The lowest BCUT2D eigenvalue weighted by atomic mass is 9.35. The Morgan fingerprint density at radius 2 is 1.03 bits per heavy atom. The monoisotopic (exact) mass is 950 g/mol. The van der Waals surface area contributed by atoms with E-state index in [2.05, 4.69) is 206 Å². The molecule has 0 atom stereocenters. The van der Waals surface area contributed by atoms with Crippen LogP contribution in [0.25, 0.3) is 11.1 Å². The Morgan fingerprint density at radius 1 is 0.500 bits per heavy atom. The van der Waals surface area contributed by atoms with Gasteiger partial charge in [-0.2, -0.15) is 11.3 Å². The van der Waals surface area contributed by atoms with Crippen molar-refractivity contribution >= 4 is 67.9 Å². The zero-order valence-electron chi connectivity index (χ0n) is 50.9. The van der Waals surface area contributed by atoms with Gasteiger partial charge in [0.15, 0.2) is 0 Å². The molecule has 5 aromatic carbocycles. The highest BCUT2D eigenvalue weighted by molar-refractivity contribution is 7.29. The molecule has 0 N–H and O–H groups in total. The van der Waals surface area contributed by atoms with Crippen molar-refractivity contribution in [1.29, 1.82) is 0 Å². The summed E-state index contributed by atoms with van der Waals surface area (Å²) in [7, 11) is 0. The molecule has 11 rings (SSSR count). The molecule has 0 spiro atoms. The average molecular weight is 950 g/mol. The van der Waals surface area contributed by atoms with Gasteiger partial charge < -0.3 is 9.80 Å². The molecule has 1 aromatic heterocycles. The Kier molecular flexibility index (Phi) is 9.02. The van der Waals surface area contributed by atoms with E-state index in [1.165, 1.54) is 71.0 Å². The first-order valence-electron chi connectivity index (χ1n) is 29.0. The van der Waals surface area contributed by atoms with Gasteiger partial charge in [-0.25, -0.2) is 0 Å². The molecule has 3 heterocycles. The third kappa shape index (κ3) is 7.12. The minimum atomic E-state index is -0.383. The zero-order chi connectivity index (χ0) is 54.6. The summed E-state index contributed by atoms with van der Waals surface area (Å²) in [6.45, 7) is 42.8. The first-order valence-corrected chi connectivity index (χ1v) is 27.3. The number of fused-ring (bicyclic) bond motifs is 8. The number of hydrogen-bond donors (Lipinski definition) is 0. The number of thiophene rings is 1. The highest BCUT2D eigenvalue weighted by Crippen LogP contribution is 2.59. The van der Waals surface area contributed by atoms with E-state index in [9.17, 15) is 2.74 Å². The summed E-state index contributed by atoms with van der Waals surface area (Å²) in [6, 6.07) is 22.7. The normalized spacial score (nSPS) is 21.7. The molecule has 5 aliphatic rings. The molecule has 0 fully saturated rings. The number of hydrogen-bond acceptors (Lipinski definition) is 3. The molecule has 0 amide bonds. The molecule has 0 unspecified atom stereocenters. The van der Waals surface area contributed by atoms with E-state index < -0.39 is 0 Å². The molecule has 4 heteroatoms. The molecule has 70 heavy (non-hydrogen) atoms. The van der Waals surface area contributed by atoms with E-state index in [1.807, 2.05) is 0 Å². The van der Waals surface area contributed by atoms with Crippen LogP contribution in [-0.2, 0) is 43.3 Å². The van der Waals surface area contributed by atoms with Gasteiger partial charge in [-0.05, 0) is 180 Å². The molecule has 364 valence electrons. The first-order chi connectivity index (χ1) is 34.5. The summed E-state index contributed by atoms with van der Waals surface area (Å²) in [5.41, 5.74) is 18.8. The smallest absolute Gasteiger partial charge is 0.264 e. The van der Waals surface area contributed by atoms with Crippen LogP contribution in [-0.4, -0.2) is 6.71 Å². The van der Waals surface area contributed by atoms with Crippen molar-refractivity contribution in [2.24, 2.45) is 0 Å². The van der Waals surface area contributed by atoms with Gasteiger partial charge in [0.25, 0.3) is 6.71 Å². The molecule has 2 nitrogen and oxygen atoms in total. The predicted molar refractivity (Wildman–Crippen MR) is 307 cm³/mol. The number of rotatable bonds is 3. The van der Waals surface area contributed by atoms with E-state index in [0.29, 0.717) is 5.56 Å². The average Bonchev–Trinajstić information content (AvgIpc) is 3.79. The summed E-state index contributed by atoms with van der Waals surface area (Å²) < 4.78 is 47.4. The van der Waals surface area contributed by atoms with Gasteiger partial charge >= 0.3 is 0 Å². The molecular formula is C66H81BN2S. The Bertz CT molecular complexity index is 3420. The van der Waals surface area contributed by atoms with Crippen molar-refractivity contribution in [3.05, 3.63) is 135 Å². The lowest BCUT2D eigenvalue weighted by Gasteiger charge is -2.48. The van der Waals surface area contributed by atoms with Gasteiger partial charge in [0.05, 0.1) is 18.2 Å². The van der Waals surface area contributed by atoms with Gasteiger partial charge in [-0.15, -0.1) is 0 Å². The van der Waals surface area contributed by atoms with Crippen LogP contribution in [0.15, 0.2) is 90.9 Å². The van der Waals surface area contributed by atoms with Crippen LogP contribution in [0.3, 0.4) is 0 Å².